The molecule has 0 fully saturated rings. The predicted octanol–water partition coefficient (Wildman–Crippen LogP) is 4.54. The number of nitrogens with zero attached hydrogens (tertiary/aromatic N) is 1. The Labute approximate surface area is 202 Å². The van der Waals surface area contributed by atoms with Crippen LogP contribution in [0, 0.1) is 0 Å². The second kappa shape index (κ2) is 12.4. The van der Waals surface area contributed by atoms with E-state index in [2.05, 4.69) is 18.3 Å². The monoisotopic (exact) mass is 468 g/mol. The highest BCUT2D eigenvalue weighted by molar-refractivity contribution is 5.88. The van der Waals surface area contributed by atoms with Crippen molar-refractivity contribution >= 4 is 10.8 Å². The molecule has 0 aliphatic heterocycles. The molecule has 0 bridgehead atoms. The van der Waals surface area contributed by atoms with Gasteiger partial charge < -0.3 is 29.4 Å². The molecule has 3 rings (SSSR count). The molecule has 2 atom stereocenters. The van der Waals surface area contributed by atoms with Gasteiger partial charge in [0, 0.05) is 30.1 Å². The van der Waals surface area contributed by atoms with Crippen molar-refractivity contribution in [3.63, 3.8) is 0 Å². The molecule has 2 N–H and O–H groups in total. The molecule has 0 aliphatic carbocycles. The lowest BCUT2D eigenvalue weighted by Crippen LogP contribution is -2.28. The number of rotatable bonds is 13. The summed E-state index contributed by atoms with van der Waals surface area (Å²) in [5, 5.41) is 14.8. The zero-order chi connectivity index (χ0) is 24.5. The molecule has 1 heterocycles. The van der Waals surface area contributed by atoms with Gasteiger partial charge in [-0.05, 0) is 74.0 Å². The summed E-state index contributed by atoms with van der Waals surface area (Å²) in [6, 6.07) is 12.3. The lowest BCUT2D eigenvalue weighted by atomic mass is 9.88. The predicted molar refractivity (Wildman–Crippen MR) is 135 cm³/mol. The highest BCUT2D eigenvalue weighted by Gasteiger charge is 2.22. The number of aliphatic hydroxyl groups is 1. The maximum atomic E-state index is 9.12. The normalized spacial score (nSPS) is 12.9. The average Bonchev–Trinajstić information content (AvgIpc) is 2.88. The second-order valence-electron chi connectivity index (χ2n) is 8.30. The first-order valence-electron chi connectivity index (χ1n) is 11.6. The fourth-order valence-electron chi connectivity index (χ4n) is 4.30. The Morgan fingerprint density at radius 1 is 0.853 bits per heavy atom. The first-order chi connectivity index (χ1) is 16.6. The lowest BCUT2D eigenvalue weighted by Gasteiger charge is -2.22. The average molecular weight is 469 g/mol. The van der Waals surface area contributed by atoms with Gasteiger partial charge in [0.25, 0.3) is 0 Å². The summed E-state index contributed by atoms with van der Waals surface area (Å²) >= 11 is 0. The van der Waals surface area contributed by atoms with E-state index < -0.39 is 0 Å². The van der Waals surface area contributed by atoms with Crippen LogP contribution in [0.5, 0.6) is 23.0 Å². The van der Waals surface area contributed by atoms with Gasteiger partial charge in [-0.1, -0.05) is 6.07 Å². The van der Waals surface area contributed by atoms with Crippen molar-refractivity contribution in [3.8, 4) is 23.0 Å². The van der Waals surface area contributed by atoms with E-state index in [4.69, 9.17) is 29.0 Å². The van der Waals surface area contributed by atoms with E-state index in [1.165, 1.54) is 0 Å². The lowest BCUT2D eigenvalue weighted by molar-refractivity contribution is 0.276. The van der Waals surface area contributed by atoms with Crippen molar-refractivity contribution in [1.29, 1.82) is 0 Å². The minimum absolute atomic E-state index is 0.0131. The molecule has 2 unspecified atom stereocenters. The molecule has 7 heteroatoms. The zero-order valence-corrected chi connectivity index (χ0v) is 20.8. The van der Waals surface area contributed by atoms with Crippen molar-refractivity contribution in [2.75, 3.05) is 41.6 Å². The van der Waals surface area contributed by atoms with Gasteiger partial charge >= 0.3 is 0 Å². The number of fused-ring (bicyclic) bond motifs is 1. The highest BCUT2D eigenvalue weighted by atomic mass is 16.5. The number of methoxy groups -OCH3 is 4. The molecule has 7 nitrogen and oxygen atoms in total. The molecule has 1 aromatic heterocycles. The molecule has 184 valence electrons. The van der Waals surface area contributed by atoms with Gasteiger partial charge in [-0.3, -0.25) is 4.98 Å². The largest absolute Gasteiger partial charge is 0.493 e. The summed E-state index contributed by atoms with van der Waals surface area (Å²) in [7, 11) is 6.57. The van der Waals surface area contributed by atoms with Crippen LogP contribution in [-0.4, -0.2) is 57.7 Å². The summed E-state index contributed by atoms with van der Waals surface area (Å²) in [4.78, 5) is 4.83. The Balaban J connectivity index is 2.04. The van der Waals surface area contributed by atoms with Crippen LogP contribution >= 0.6 is 0 Å². The fraction of sp³-hybridized carbons (Fsp3) is 0.444. The van der Waals surface area contributed by atoms with Crippen molar-refractivity contribution in [3.05, 3.63) is 53.9 Å². The molecule has 0 radical (unpaired) electrons. The van der Waals surface area contributed by atoms with E-state index in [1.807, 2.05) is 36.5 Å². The standard InChI is InChI=1S/C27H36N2O5/c1-18(7-6-14-30)28-13-11-21(19-8-9-23(31-2)24(15-19)32-3)27-22-17-26(34-5)25(33-4)16-20(22)10-12-29-27/h8-10,12,15-18,21,28,30H,6-7,11,13-14H2,1-5H3. The number of hydrogen-bond donors (Lipinski definition) is 2. The molecular weight excluding hydrogens is 432 g/mol. The van der Waals surface area contributed by atoms with Crippen molar-refractivity contribution < 1.29 is 24.1 Å². The number of benzene rings is 2. The van der Waals surface area contributed by atoms with Gasteiger partial charge in [0.2, 0.25) is 0 Å². The quantitative estimate of drug-likeness (QED) is 0.381. The fourth-order valence-corrected chi connectivity index (χ4v) is 4.30. The third kappa shape index (κ3) is 5.90. The topological polar surface area (TPSA) is 82.1 Å². The molecular formula is C27H36N2O5. The first kappa shape index (κ1) is 25.6. The number of hydrogen-bond acceptors (Lipinski definition) is 7. The molecule has 0 spiro atoms. The van der Waals surface area contributed by atoms with E-state index in [1.54, 1.807) is 28.4 Å². The van der Waals surface area contributed by atoms with Crippen LogP contribution in [0.2, 0.25) is 0 Å². The number of aliphatic hydroxyl groups excluding tert-OH is 1. The van der Waals surface area contributed by atoms with E-state index >= 15 is 0 Å². The Morgan fingerprint density at radius 3 is 2.21 bits per heavy atom. The van der Waals surface area contributed by atoms with Gasteiger partial charge in [-0.2, -0.15) is 0 Å². The third-order valence-corrected chi connectivity index (χ3v) is 6.16. The summed E-state index contributed by atoms with van der Waals surface area (Å²) in [5.74, 6) is 2.76. The van der Waals surface area contributed by atoms with Gasteiger partial charge in [-0.25, -0.2) is 0 Å². The first-order valence-corrected chi connectivity index (χ1v) is 11.6. The minimum Gasteiger partial charge on any atom is -0.493 e. The minimum atomic E-state index is 0.0131. The van der Waals surface area contributed by atoms with Gasteiger partial charge in [0.05, 0.1) is 34.1 Å². The second-order valence-corrected chi connectivity index (χ2v) is 8.30. The molecule has 3 aromatic rings. The number of ether oxygens (including phenoxy) is 4. The molecule has 2 aromatic carbocycles. The van der Waals surface area contributed by atoms with Crippen LogP contribution in [-0.2, 0) is 0 Å². The number of nitrogens with one attached hydrogen (secondary N) is 1. The van der Waals surface area contributed by atoms with Crippen LogP contribution in [0.25, 0.3) is 10.8 Å². The Morgan fingerprint density at radius 2 is 1.53 bits per heavy atom. The van der Waals surface area contributed by atoms with Crippen LogP contribution in [0.1, 0.15) is 43.4 Å². The van der Waals surface area contributed by atoms with Crippen molar-refractivity contribution in [2.45, 2.75) is 38.1 Å². The Kier molecular flexibility index (Phi) is 9.36. The molecule has 0 saturated carbocycles. The SMILES string of the molecule is COc1ccc(C(CCNC(C)CCCO)c2nccc3cc(OC)c(OC)cc23)cc1OC. The van der Waals surface area contributed by atoms with Gasteiger partial charge in [-0.15, -0.1) is 0 Å². The van der Waals surface area contributed by atoms with E-state index in [0.29, 0.717) is 29.0 Å². The summed E-state index contributed by atoms with van der Waals surface area (Å²) in [6.45, 7) is 3.16. The van der Waals surface area contributed by atoms with Crippen LogP contribution in [0.4, 0.5) is 0 Å². The summed E-state index contributed by atoms with van der Waals surface area (Å²) in [6.07, 6.45) is 4.40. The van der Waals surface area contributed by atoms with Gasteiger partial charge in [0.1, 0.15) is 0 Å². The smallest absolute Gasteiger partial charge is 0.161 e. The van der Waals surface area contributed by atoms with Crippen LogP contribution in [0.3, 0.4) is 0 Å². The maximum Gasteiger partial charge on any atom is 0.161 e. The number of pyridine rings is 1. The van der Waals surface area contributed by atoms with Crippen LogP contribution < -0.4 is 24.3 Å². The van der Waals surface area contributed by atoms with Crippen molar-refractivity contribution in [1.82, 2.24) is 10.3 Å². The zero-order valence-electron chi connectivity index (χ0n) is 20.8. The van der Waals surface area contributed by atoms with Crippen molar-refractivity contribution in [2.24, 2.45) is 0 Å². The summed E-state index contributed by atoms with van der Waals surface area (Å²) in [5.41, 5.74) is 2.06. The molecule has 0 saturated heterocycles. The van der Waals surface area contributed by atoms with E-state index in [-0.39, 0.29) is 12.5 Å². The Hall–Kier alpha value is -3.03. The molecule has 34 heavy (non-hydrogen) atoms. The van der Waals surface area contributed by atoms with E-state index in [9.17, 15) is 0 Å². The van der Waals surface area contributed by atoms with E-state index in [0.717, 1.165) is 47.8 Å². The maximum absolute atomic E-state index is 9.12. The highest BCUT2D eigenvalue weighted by Crippen LogP contribution is 2.39. The molecule has 0 amide bonds. The molecule has 0 aliphatic rings. The number of aromatic nitrogens is 1. The van der Waals surface area contributed by atoms with Gasteiger partial charge in [0.15, 0.2) is 23.0 Å². The van der Waals surface area contributed by atoms with Crippen LogP contribution in [0.15, 0.2) is 42.6 Å². The third-order valence-electron chi connectivity index (χ3n) is 6.16. The summed E-state index contributed by atoms with van der Waals surface area (Å²) < 4.78 is 22.1. The Bertz CT molecular complexity index is 1070.